The molecule has 3 amide bonds. The molecule has 1 saturated carbocycles. The summed E-state index contributed by atoms with van der Waals surface area (Å²) in [5.41, 5.74) is 23.6. The number of rotatable bonds is 16. The lowest BCUT2D eigenvalue weighted by Gasteiger charge is -2.28. The number of amidine groups is 1. The first-order valence-electron chi connectivity index (χ1n) is 37.5. The van der Waals surface area contributed by atoms with Crippen LogP contribution in [0.2, 0.25) is 0 Å². The maximum absolute atomic E-state index is 13.2. The number of carbonyl (C=O) groups is 3. The van der Waals surface area contributed by atoms with Crippen molar-refractivity contribution in [2.24, 2.45) is 10.9 Å². The molecule has 1 saturated heterocycles. The molecular weight excluding hydrogens is 1430 g/mol. The molecule has 0 bridgehead atoms. The molecule has 2 aliphatic heterocycles. The molecule has 2 fully saturated rings. The van der Waals surface area contributed by atoms with Crippen molar-refractivity contribution in [3.63, 3.8) is 0 Å². The molecule has 26 heteroatoms. The number of pyridine rings is 5. The normalized spacial score (nSPS) is 13.3. The highest BCUT2D eigenvalue weighted by Gasteiger charge is 2.26. The molecule has 0 atom stereocenters. The topological polar surface area (TPSA) is 346 Å². The van der Waals surface area contributed by atoms with Gasteiger partial charge in [0.1, 0.15) is 28.4 Å². The van der Waals surface area contributed by atoms with E-state index in [2.05, 4.69) is 143 Å². The number of aromatic amines is 8. The standard InChI is InChI=1S/C27H22N6O.C26H18N6O.C21H19N5O.C14H15N5O/c34-27(33-11-10-28-25(33)12-18-4-2-1-3-5-18)20-8-6-19(7-9-20)21-13-23-24(22-15-31-32-16-22)17-30-26(23)29-14-21;33-26(32-21-7-8-24-18(10-21)2-1-9-27-24)17-5-3-16(4-6-17)19-11-22-23(20-13-30-31-14-20)15-29-25(22)28-12-19;27-21(24-8-13-1-2-13)15-5-3-14(4-6-15)16-7-18-19(17-10-25-26-11-17)12-23-20(18)22-9-16;1-3-20-4-2-19(1)11-5-12-13(10-6-17-18-7-10)9-16-14(12)15-8-11/h1-9,13-17H,10-12H2,(H,29,30)(H,31,32);1-15H,(H,28,29)(H,30,31)(H,32,33);3-7,9-13H,1-2,8H2,(H,22,23)(H,24,27)(H,25,26);5-9H,1-4H2,(H,15,16)(H,17,18). The van der Waals surface area contributed by atoms with E-state index < -0.39 is 0 Å². The highest BCUT2D eigenvalue weighted by molar-refractivity contribution is 6.09. The van der Waals surface area contributed by atoms with E-state index in [1.807, 2.05) is 202 Å². The molecule has 0 radical (unpaired) electrons. The van der Waals surface area contributed by atoms with Gasteiger partial charge in [0.15, 0.2) is 0 Å². The minimum Gasteiger partial charge on any atom is -0.378 e. The van der Waals surface area contributed by atoms with Gasteiger partial charge in [-0.25, -0.2) is 19.9 Å². The lowest BCUT2D eigenvalue weighted by atomic mass is 10.0. The fourth-order valence-corrected chi connectivity index (χ4v) is 14.3. The Hall–Kier alpha value is -15.1. The lowest BCUT2D eigenvalue weighted by Crippen LogP contribution is -2.36. The summed E-state index contributed by atoms with van der Waals surface area (Å²) in [7, 11) is 0. The summed E-state index contributed by atoms with van der Waals surface area (Å²) >= 11 is 0. The molecule has 114 heavy (non-hydrogen) atoms. The number of carbonyl (C=O) groups excluding carboxylic acids is 3. The van der Waals surface area contributed by atoms with Crippen LogP contribution in [-0.4, -0.2) is 160 Å². The minimum absolute atomic E-state index is 0.00472. The fourth-order valence-electron chi connectivity index (χ4n) is 14.3. The number of hydrogen-bond donors (Lipinski definition) is 10. The molecule has 5 aromatic carbocycles. The van der Waals surface area contributed by atoms with Gasteiger partial charge >= 0.3 is 0 Å². The molecule has 13 aromatic heterocycles. The molecule has 1 aliphatic carbocycles. The van der Waals surface area contributed by atoms with Crippen molar-refractivity contribution in [3.05, 3.63) is 285 Å². The Balaban J connectivity index is 0.000000107. The summed E-state index contributed by atoms with van der Waals surface area (Å²) in [5, 5.41) is 38.7. The Morgan fingerprint density at radius 2 is 0.904 bits per heavy atom. The number of anilines is 2. The Bertz CT molecular complexity index is 6420. The van der Waals surface area contributed by atoms with Crippen molar-refractivity contribution in [1.29, 1.82) is 0 Å². The number of morpholine rings is 1. The number of amides is 3. The predicted molar refractivity (Wildman–Crippen MR) is 442 cm³/mol. The lowest BCUT2D eigenvalue weighted by molar-refractivity contribution is 0.0855. The van der Waals surface area contributed by atoms with E-state index >= 15 is 0 Å². The summed E-state index contributed by atoms with van der Waals surface area (Å²) < 4.78 is 5.40. The summed E-state index contributed by atoms with van der Waals surface area (Å²) in [6.07, 6.45) is 34.8. The Kier molecular flexibility index (Phi) is 19.7. The largest absolute Gasteiger partial charge is 0.378 e. The average molecular weight is 1500 g/mol. The molecule has 18 aromatic rings. The predicted octanol–water partition coefficient (Wildman–Crippen LogP) is 15.7. The third kappa shape index (κ3) is 15.4. The molecule has 21 rings (SSSR count). The third-order valence-electron chi connectivity index (χ3n) is 20.6. The maximum atomic E-state index is 13.2. The quantitative estimate of drug-likeness (QED) is 0.0430. The molecule has 0 spiro atoms. The number of H-pyrrole nitrogens is 8. The summed E-state index contributed by atoms with van der Waals surface area (Å²) in [6, 6.07) is 51.1. The van der Waals surface area contributed by atoms with Crippen molar-refractivity contribution in [2.45, 2.75) is 19.3 Å². The minimum atomic E-state index is -0.161. The van der Waals surface area contributed by atoms with E-state index in [1.54, 1.807) is 29.7 Å². The van der Waals surface area contributed by atoms with Gasteiger partial charge in [0, 0.05) is 217 Å². The molecule has 26 nitrogen and oxygen atoms in total. The van der Waals surface area contributed by atoms with E-state index in [0.717, 1.165) is 189 Å². The first kappa shape index (κ1) is 70.6. The van der Waals surface area contributed by atoms with Crippen LogP contribution in [0.1, 0.15) is 49.5 Å². The number of benzene rings is 5. The van der Waals surface area contributed by atoms with Gasteiger partial charge in [0.25, 0.3) is 17.7 Å². The van der Waals surface area contributed by atoms with Crippen LogP contribution >= 0.6 is 0 Å². The smallest absolute Gasteiger partial charge is 0.259 e. The van der Waals surface area contributed by atoms with Crippen molar-refractivity contribution < 1.29 is 19.1 Å². The first-order valence-corrected chi connectivity index (χ1v) is 37.5. The van der Waals surface area contributed by atoms with Crippen molar-refractivity contribution in [1.82, 2.24) is 95.9 Å². The van der Waals surface area contributed by atoms with Gasteiger partial charge in [0.05, 0.1) is 61.9 Å². The fraction of sp³-hybridized carbons (Fsp3) is 0.125. The van der Waals surface area contributed by atoms with E-state index in [9.17, 15) is 14.4 Å². The van der Waals surface area contributed by atoms with Crippen LogP contribution in [0.3, 0.4) is 0 Å². The monoisotopic (exact) mass is 1500 g/mol. The van der Waals surface area contributed by atoms with E-state index in [1.165, 1.54) is 12.8 Å². The summed E-state index contributed by atoms with van der Waals surface area (Å²) in [6.45, 7) is 5.43. The van der Waals surface area contributed by atoms with Crippen LogP contribution in [0.4, 0.5) is 11.4 Å². The number of ether oxygens (including phenoxy) is 1. The number of fused-ring (bicyclic) bond motifs is 5. The van der Waals surface area contributed by atoms with Gasteiger partial charge in [0.2, 0.25) is 0 Å². The highest BCUT2D eigenvalue weighted by atomic mass is 16.5. The first-order chi connectivity index (χ1) is 56.2. The maximum Gasteiger partial charge on any atom is 0.259 e. The second-order valence-corrected chi connectivity index (χ2v) is 28.0. The van der Waals surface area contributed by atoms with Crippen LogP contribution < -0.4 is 15.5 Å². The van der Waals surface area contributed by atoms with E-state index in [-0.39, 0.29) is 17.7 Å². The van der Waals surface area contributed by atoms with Gasteiger partial charge < -0.3 is 40.2 Å². The SMILES string of the molecule is O=C(NCC1CC1)c1ccc(-c2cnc3[nH]cc(-c4cn[nH]c4)c3c2)cc1.O=C(Nc1ccc2ncccc2c1)c1ccc(-c2cnc3[nH]cc(-c4cn[nH]c4)c3c2)cc1.O=C(c1ccc(-c2cnc3[nH]cc(-c4cn[nH]c4)c3c2)cc1)N1CCN=C1Cc1ccccc1.c1n[nH]cc1-c1c[nH]c2ncc(N3CCOCC3)cc12. The Morgan fingerprint density at radius 3 is 1.39 bits per heavy atom. The van der Waals surface area contributed by atoms with Crippen molar-refractivity contribution in [2.75, 3.05) is 56.2 Å². The van der Waals surface area contributed by atoms with Gasteiger partial charge in [-0.15, -0.1) is 0 Å². The third-order valence-corrected chi connectivity index (χ3v) is 20.6. The van der Waals surface area contributed by atoms with Gasteiger partial charge in [-0.2, -0.15) is 20.4 Å². The molecule has 560 valence electrons. The van der Waals surface area contributed by atoms with Gasteiger partial charge in [-0.05, 0) is 126 Å². The summed E-state index contributed by atoms with van der Waals surface area (Å²) in [5.74, 6) is 1.33. The van der Waals surface area contributed by atoms with Crippen LogP contribution in [0, 0.1) is 5.92 Å². The molecular formula is C88H74N22O4. The average Bonchev–Trinajstić information content (AvgIpc) is 1.64. The highest BCUT2D eigenvalue weighted by Crippen LogP contribution is 2.36. The van der Waals surface area contributed by atoms with Gasteiger partial charge in [-0.3, -0.25) is 49.7 Å². The molecule has 15 heterocycles. The van der Waals surface area contributed by atoms with Crippen LogP contribution in [0.15, 0.2) is 268 Å². The van der Waals surface area contributed by atoms with Crippen molar-refractivity contribution >= 4 is 90.0 Å². The second-order valence-electron chi connectivity index (χ2n) is 28.0. The van der Waals surface area contributed by atoms with E-state index in [4.69, 9.17) is 4.74 Å². The Morgan fingerprint density at radius 1 is 0.430 bits per heavy atom. The number of nitrogens with zero attached hydrogens (tertiary/aromatic N) is 12. The Labute approximate surface area is 651 Å². The van der Waals surface area contributed by atoms with E-state index in [0.29, 0.717) is 42.1 Å². The number of hydrogen-bond acceptors (Lipinski definition) is 15. The number of nitrogens with one attached hydrogen (secondary N) is 10. The van der Waals surface area contributed by atoms with Crippen molar-refractivity contribution in [3.8, 4) is 77.9 Å². The van der Waals surface area contributed by atoms with Crippen LogP contribution in [0.25, 0.3) is 133 Å². The zero-order valence-electron chi connectivity index (χ0n) is 61.5. The van der Waals surface area contributed by atoms with Gasteiger partial charge in [-0.1, -0.05) is 72.8 Å². The van der Waals surface area contributed by atoms with Crippen LogP contribution in [0.5, 0.6) is 0 Å². The van der Waals surface area contributed by atoms with Crippen LogP contribution in [-0.2, 0) is 11.2 Å². The zero-order chi connectivity index (χ0) is 76.7. The molecule has 0 unspecified atom stereocenters. The second kappa shape index (κ2) is 31.9. The number of aromatic nitrogens is 17. The number of aliphatic imine (C=N–C) groups is 1. The zero-order valence-corrected chi connectivity index (χ0v) is 61.5. The molecule has 3 aliphatic rings. The molecule has 10 N–H and O–H groups in total. The summed E-state index contributed by atoms with van der Waals surface area (Å²) in [4.78, 5) is 82.2.